The molecule has 0 aliphatic carbocycles. The van der Waals surface area contributed by atoms with Crippen LogP contribution in [0.1, 0.15) is 58.6 Å². The molecule has 4 heterocycles. The molecule has 0 saturated carbocycles. The molecule has 1 aromatic carbocycles. The molecule has 184 valence electrons. The van der Waals surface area contributed by atoms with Gasteiger partial charge >= 0.3 is 0 Å². The van der Waals surface area contributed by atoms with Crippen molar-refractivity contribution in [1.29, 1.82) is 0 Å². The number of fused-ring (bicyclic) bond motifs is 1. The minimum atomic E-state index is -0.303. The largest absolute Gasteiger partial charge is 0.393 e. The number of tetrazole rings is 1. The fourth-order valence-electron chi connectivity index (χ4n) is 4.92. The highest BCUT2D eigenvalue weighted by Crippen LogP contribution is 2.32. The van der Waals surface area contributed by atoms with Crippen molar-refractivity contribution >= 4 is 17.0 Å². The molecule has 0 amide bonds. The highest BCUT2D eigenvalue weighted by atomic mass is 16.3. The van der Waals surface area contributed by atoms with Crippen LogP contribution >= 0.6 is 0 Å². The number of anilines is 2. The Kier molecular flexibility index (Phi) is 6.48. The molecule has 0 radical (unpaired) electrons. The average molecular weight is 476 g/mol. The number of nitrogens with zero attached hydrogens (tertiary/aromatic N) is 8. The van der Waals surface area contributed by atoms with Gasteiger partial charge in [0.05, 0.1) is 12.1 Å². The Morgan fingerprint density at radius 2 is 2.03 bits per heavy atom. The Hall–Kier alpha value is -3.37. The minimum absolute atomic E-state index is 0.151. The quantitative estimate of drug-likeness (QED) is 0.396. The number of nitrogens with one attached hydrogen (secondary N) is 1. The van der Waals surface area contributed by atoms with E-state index in [-0.39, 0.29) is 12.1 Å². The smallest absolute Gasteiger partial charge is 0.205 e. The average Bonchev–Trinajstić information content (AvgIpc) is 3.55. The van der Waals surface area contributed by atoms with Gasteiger partial charge < -0.3 is 10.4 Å². The van der Waals surface area contributed by atoms with Gasteiger partial charge in [-0.05, 0) is 75.9 Å². The van der Waals surface area contributed by atoms with Gasteiger partial charge in [-0.2, -0.15) is 9.90 Å². The van der Waals surface area contributed by atoms with Crippen molar-refractivity contribution in [2.24, 2.45) is 0 Å². The summed E-state index contributed by atoms with van der Waals surface area (Å²) in [4.78, 5) is 8.69. The number of aromatic nitrogens is 7. The Morgan fingerprint density at radius 3 is 2.80 bits per heavy atom. The van der Waals surface area contributed by atoms with Crippen LogP contribution in [0.2, 0.25) is 0 Å². The van der Waals surface area contributed by atoms with E-state index in [1.807, 2.05) is 55.7 Å². The fourth-order valence-corrected chi connectivity index (χ4v) is 4.92. The van der Waals surface area contributed by atoms with Crippen molar-refractivity contribution < 1.29 is 5.11 Å². The van der Waals surface area contributed by atoms with Crippen molar-refractivity contribution in [3.63, 3.8) is 0 Å². The first-order valence-corrected chi connectivity index (χ1v) is 12.3. The molecular formula is C25H33N9O. The molecule has 3 aromatic heterocycles. The molecule has 35 heavy (non-hydrogen) atoms. The number of rotatable bonds is 8. The number of aliphatic hydroxyl groups is 1. The lowest BCUT2D eigenvalue weighted by Crippen LogP contribution is -2.35. The standard InChI is InChI=1S/C25H33N9O/c1-16(2)34-30-24(29-31-34)19-6-5-7-21(13-19)28-25-23-20(10-11-33(23)27-15-26-25)14-32-17(3)8-9-22(32)12-18(4)35/h5-7,10-11,13,15-18,22,35H,8-9,12,14H2,1-4H3,(H,26,27,28). The van der Waals surface area contributed by atoms with Gasteiger partial charge in [-0.25, -0.2) is 9.50 Å². The monoisotopic (exact) mass is 475 g/mol. The maximum absolute atomic E-state index is 9.98. The summed E-state index contributed by atoms with van der Waals surface area (Å²) < 4.78 is 1.87. The second-order valence-corrected chi connectivity index (χ2v) is 9.81. The van der Waals surface area contributed by atoms with Gasteiger partial charge in [0.25, 0.3) is 0 Å². The summed E-state index contributed by atoms with van der Waals surface area (Å²) >= 11 is 0. The van der Waals surface area contributed by atoms with E-state index in [2.05, 4.69) is 48.7 Å². The van der Waals surface area contributed by atoms with E-state index in [0.717, 1.165) is 54.0 Å². The van der Waals surface area contributed by atoms with Crippen LogP contribution in [0.4, 0.5) is 11.5 Å². The fraction of sp³-hybridized carbons (Fsp3) is 0.480. The first-order chi connectivity index (χ1) is 16.9. The van der Waals surface area contributed by atoms with Gasteiger partial charge in [-0.1, -0.05) is 12.1 Å². The lowest BCUT2D eigenvalue weighted by Gasteiger charge is -2.29. The van der Waals surface area contributed by atoms with Gasteiger partial charge in [-0.15, -0.1) is 10.2 Å². The molecular weight excluding hydrogens is 442 g/mol. The van der Waals surface area contributed by atoms with Crippen LogP contribution in [0.25, 0.3) is 16.9 Å². The van der Waals surface area contributed by atoms with Gasteiger partial charge in [0.1, 0.15) is 11.8 Å². The number of likely N-dealkylation sites (tertiary alicyclic amines) is 1. The molecule has 1 aliphatic rings. The van der Waals surface area contributed by atoms with Crippen LogP contribution in [0.3, 0.4) is 0 Å². The second kappa shape index (κ2) is 9.71. The Balaban J connectivity index is 1.42. The lowest BCUT2D eigenvalue weighted by molar-refractivity contribution is 0.116. The molecule has 1 aliphatic heterocycles. The number of hydrogen-bond donors (Lipinski definition) is 2. The predicted molar refractivity (Wildman–Crippen MR) is 134 cm³/mol. The van der Waals surface area contributed by atoms with E-state index < -0.39 is 0 Å². The summed E-state index contributed by atoms with van der Waals surface area (Å²) in [7, 11) is 0. The van der Waals surface area contributed by atoms with E-state index in [0.29, 0.717) is 17.9 Å². The van der Waals surface area contributed by atoms with Crippen LogP contribution < -0.4 is 5.32 Å². The molecule has 5 rings (SSSR count). The Labute approximate surface area is 205 Å². The molecule has 0 bridgehead atoms. The molecule has 1 fully saturated rings. The van der Waals surface area contributed by atoms with Crippen molar-refractivity contribution in [3.05, 3.63) is 48.4 Å². The van der Waals surface area contributed by atoms with Gasteiger partial charge in [0.15, 0.2) is 5.82 Å². The zero-order chi connectivity index (χ0) is 24.5. The number of hydrogen-bond acceptors (Lipinski definition) is 8. The summed E-state index contributed by atoms with van der Waals surface area (Å²) in [6, 6.07) is 11.1. The molecule has 4 aromatic rings. The maximum atomic E-state index is 9.98. The first kappa shape index (κ1) is 23.4. The number of benzene rings is 1. The third kappa shape index (κ3) is 4.89. The minimum Gasteiger partial charge on any atom is -0.393 e. The van der Waals surface area contributed by atoms with E-state index in [1.165, 1.54) is 0 Å². The van der Waals surface area contributed by atoms with Crippen molar-refractivity contribution in [2.45, 2.75) is 77.7 Å². The highest BCUT2D eigenvalue weighted by molar-refractivity contribution is 5.77. The Bertz CT molecular complexity index is 1300. The second-order valence-electron chi connectivity index (χ2n) is 9.81. The predicted octanol–water partition coefficient (Wildman–Crippen LogP) is 3.83. The highest BCUT2D eigenvalue weighted by Gasteiger charge is 2.32. The number of aliphatic hydroxyl groups excluding tert-OH is 1. The normalized spacial score (nSPS) is 19.6. The third-order valence-corrected chi connectivity index (χ3v) is 6.73. The maximum Gasteiger partial charge on any atom is 0.205 e. The van der Waals surface area contributed by atoms with E-state index in [4.69, 9.17) is 0 Å². The van der Waals surface area contributed by atoms with Crippen LogP contribution in [0, 0.1) is 0 Å². The molecule has 3 unspecified atom stereocenters. The van der Waals surface area contributed by atoms with Crippen LogP contribution in [-0.4, -0.2) is 63.0 Å². The van der Waals surface area contributed by atoms with E-state index >= 15 is 0 Å². The third-order valence-electron chi connectivity index (χ3n) is 6.73. The molecule has 10 heteroatoms. The molecule has 2 N–H and O–H groups in total. The van der Waals surface area contributed by atoms with Crippen molar-refractivity contribution in [1.82, 2.24) is 39.7 Å². The molecule has 10 nitrogen and oxygen atoms in total. The van der Waals surface area contributed by atoms with Gasteiger partial charge in [0.2, 0.25) is 5.82 Å². The summed E-state index contributed by atoms with van der Waals surface area (Å²) in [6.45, 7) is 8.98. The molecule has 1 saturated heterocycles. The zero-order valence-corrected chi connectivity index (χ0v) is 20.7. The van der Waals surface area contributed by atoms with Crippen molar-refractivity contribution in [3.8, 4) is 11.4 Å². The lowest BCUT2D eigenvalue weighted by atomic mass is 10.1. The summed E-state index contributed by atoms with van der Waals surface area (Å²) in [5.41, 5.74) is 3.89. The van der Waals surface area contributed by atoms with Gasteiger partial charge in [0, 0.05) is 36.1 Å². The summed E-state index contributed by atoms with van der Waals surface area (Å²) in [6.07, 6.45) is 6.29. The zero-order valence-electron chi connectivity index (χ0n) is 20.7. The van der Waals surface area contributed by atoms with E-state index in [1.54, 1.807) is 11.1 Å². The molecule has 0 spiro atoms. The Morgan fingerprint density at radius 1 is 1.17 bits per heavy atom. The van der Waals surface area contributed by atoms with Crippen LogP contribution in [0.5, 0.6) is 0 Å². The summed E-state index contributed by atoms with van der Waals surface area (Å²) in [5, 5.41) is 30.7. The van der Waals surface area contributed by atoms with Gasteiger partial charge in [-0.3, -0.25) is 4.90 Å². The SMILES string of the molecule is CC(O)CC1CCC(C)N1Cc1ccn2ncnc(Nc3cccc(-c4nnn(C(C)C)n4)c3)c12. The van der Waals surface area contributed by atoms with E-state index in [9.17, 15) is 5.11 Å². The molecule has 3 atom stereocenters. The van der Waals surface area contributed by atoms with Crippen LogP contribution in [-0.2, 0) is 6.54 Å². The topological polar surface area (TPSA) is 109 Å². The van der Waals surface area contributed by atoms with Crippen LogP contribution in [0.15, 0.2) is 42.9 Å². The summed E-state index contributed by atoms with van der Waals surface area (Å²) in [5.74, 6) is 1.33. The first-order valence-electron chi connectivity index (χ1n) is 12.3. The van der Waals surface area contributed by atoms with Crippen molar-refractivity contribution in [2.75, 3.05) is 5.32 Å².